The van der Waals surface area contributed by atoms with Crippen LogP contribution in [0.3, 0.4) is 0 Å². The van der Waals surface area contributed by atoms with E-state index >= 15 is 0 Å². The lowest BCUT2D eigenvalue weighted by Crippen LogP contribution is -2.49. The van der Waals surface area contributed by atoms with Gasteiger partial charge in [-0.25, -0.2) is 13.4 Å². The molecule has 158 valence electrons. The summed E-state index contributed by atoms with van der Waals surface area (Å²) in [7, 11) is -3.78. The first-order valence-electron chi connectivity index (χ1n) is 9.62. The van der Waals surface area contributed by atoms with Gasteiger partial charge in [-0.1, -0.05) is 18.2 Å². The van der Waals surface area contributed by atoms with Crippen molar-refractivity contribution in [2.24, 2.45) is 0 Å². The zero-order chi connectivity index (χ0) is 21.5. The second kappa shape index (κ2) is 8.03. The number of aromatic nitrogens is 1. The summed E-state index contributed by atoms with van der Waals surface area (Å²) in [6.07, 6.45) is 0. The third-order valence-electron chi connectivity index (χ3n) is 5.50. The van der Waals surface area contributed by atoms with Crippen LogP contribution >= 0.6 is 11.3 Å². The van der Waals surface area contributed by atoms with Crippen LogP contribution in [-0.4, -0.2) is 53.7 Å². The quantitative estimate of drug-likeness (QED) is 0.439. The predicted molar refractivity (Wildman–Crippen MR) is 116 cm³/mol. The third kappa shape index (κ3) is 3.83. The number of fused-ring (bicyclic) bond motifs is 1. The van der Waals surface area contributed by atoms with Crippen LogP contribution in [-0.2, 0) is 10.0 Å². The molecule has 0 N–H and O–H groups in total. The summed E-state index contributed by atoms with van der Waals surface area (Å²) in [6, 6.07) is 12.2. The van der Waals surface area contributed by atoms with Crippen LogP contribution in [0.15, 0.2) is 47.4 Å². The highest BCUT2D eigenvalue weighted by atomic mass is 32.2. The first kappa shape index (κ1) is 20.9. The second-order valence-corrected chi connectivity index (χ2v) is 10.3. The van der Waals surface area contributed by atoms with E-state index in [0.717, 1.165) is 21.3 Å². The summed E-state index contributed by atoms with van der Waals surface area (Å²) < 4.78 is 28.6. The van der Waals surface area contributed by atoms with Gasteiger partial charge in [0.1, 0.15) is 5.01 Å². The van der Waals surface area contributed by atoms with Crippen LogP contribution < -0.4 is 0 Å². The van der Waals surface area contributed by atoms with Crippen molar-refractivity contribution in [3.8, 4) is 0 Å². The Balaban J connectivity index is 1.48. The van der Waals surface area contributed by atoms with Crippen LogP contribution in [0, 0.1) is 17.0 Å². The molecule has 0 spiro atoms. The fourth-order valence-corrected chi connectivity index (χ4v) is 6.15. The number of nitro groups is 1. The zero-order valence-electron chi connectivity index (χ0n) is 16.7. The first-order valence-corrected chi connectivity index (χ1v) is 11.9. The lowest BCUT2D eigenvalue weighted by Gasteiger charge is -2.36. The number of rotatable bonds is 5. The Hall–Kier alpha value is -2.40. The normalized spacial score (nSPS) is 17.3. The molecule has 4 rings (SSSR count). The standard InChI is InChI=1S/C20H22N4O4S2/c1-14-7-8-16(13-18(14)24(25)26)30(27,28)23-11-9-22(10-12-23)15(2)20-21-17-5-3-4-6-19(17)29-20/h3-8,13,15H,9-12H2,1-2H3. The number of nitro benzene ring substituents is 1. The summed E-state index contributed by atoms with van der Waals surface area (Å²) in [5, 5.41) is 12.2. The molecule has 10 heteroatoms. The van der Waals surface area contributed by atoms with Gasteiger partial charge in [0.2, 0.25) is 10.0 Å². The minimum atomic E-state index is -3.78. The van der Waals surface area contributed by atoms with Crippen molar-refractivity contribution in [1.82, 2.24) is 14.2 Å². The summed E-state index contributed by atoms with van der Waals surface area (Å²) in [6.45, 7) is 5.50. The average Bonchev–Trinajstić information content (AvgIpc) is 3.17. The van der Waals surface area contributed by atoms with Gasteiger partial charge in [-0.2, -0.15) is 4.31 Å². The van der Waals surface area contributed by atoms with Crippen molar-refractivity contribution in [2.75, 3.05) is 26.2 Å². The molecule has 2 heterocycles. The Morgan fingerprint density at radius 2 is 1.83 bits per heavy atom. The van der Waals surface area contributed by atoms with Crippen molar-refractivity contribution in [3.63, 3.8) is 0 Å². The minimum absolute atomic E-state index is 0.0347. The van der Waals surface area contributed by atoms with Gasteiger partial charge in [-0.05, 0) is 32.0 Å². The van der Waals surface area contributed by atoms with E-state index < -0.39 is 14.9 Å². The molecule has 1 saturated heterocycles. The van der Waals surface area contributed by atoms with Crippen LogP contribution in [0.2, 0.25) is 0 Å². The summed E-state index contributed by atoms with van der Waals surface area (Å²) in [5.41, 5.74) is 1.24. The van der Waals surface area contributed by atoms with E-state index in [2.05, 4.69) is 17.9 Å². The largest absolute Gasteiger partial charge is 0.292 e. The molecule has 8 nitrogen and oxygen atoms in total. The van der Waals surface area contributed by atoms with Crippen LogP contribution in [0.25, 0.3) is 10.2 Å². The van der Waals surface area contributed by atoms with Crippen molar-refractivity contribution in [1.29, 1.82) is 0 Å². The molecule has 1 atom stereocenters. The summed E-state index contributed by atoms with van der Waals surface area (Å²) >= 11 is 1.66. The van der Waals surface area contributed by atoms with Gasteiger partial charge in [-0.15, -0.1) is 11.3 Å². The predicted octanol–water partition coefficient (Wildman–Crippen LogP) is 3.58. The maximum atomic E-state index is 13.0. The van der Waals surface area contributed by atoms with Gasteiger partial charge < -0.3 is 0 Å². The first-order chi connectivity index (χ1) is 14.3. The summed E-state index contributed by atoms with van der Waals surface area (Å²) in [5.74, 6) is 0. The van der Waals surface area contributed by atoms with Crippen LogP contribution in [0.1, 0.15) is 23.5 Å². The van der Waals surface area contributed by atoms with Gasteiger partial charge in [0.05, 0.1) is 26.1 Å². The molecule has 1 fully saturated rings. The molecule has 0 saturated carbocycles. The van der Waals surface area contributed by atoms with Crippen molar-refractivity contribution < 1.29 is 13.3 Å². The number of hydrogen-bond donors (Lipinski definition) is 0. The van der Waals surface area contributed by atoms with Crippen molar-refractivity contribution >= 4 is 37.3 Å². The molecule has 1 aromatic heterocycles. The van der Waals surface area contributed by atoms with Gasteiger partial charge in [0.15, 0.2) is 0 Å². The van der Waals surface area contributed by atoms with Crippen LogP contribution in [0.5, 0.6) is 0 Å². The molecule has 0 aliphatic carbocycles. The Morgan fingerprint density at radius 3 is 2.50 bits per heavy atom. The highest BCUT2D eigenvalue weighted by Crippen LogP contribution is 2.31. The Morgan fingerprint density at radius 1 is 1.13 bits per heavy atom. The molecular weight excluding hydrogens is 424 g/mol. The Kier molecular flexibility index (Phi) is 5.58. The SMILES string of the molecule is Cc1ccc(S(=O)(=O)N2CCN(C(C)c3nc4ccccc4s3)CC2)cc1[N+](=O)[O-]. The number of hydrogen-bond acceptors (Lipinski definition) is 7. The zero-order valence-corrected chi connectivity index (χ0v) is 18.3. The second-order valence-electron chi connectivity index (χ2n) is 7.34. The third-order valence-corrected chi connectivity index (χ3v) is 8.61. The van der Waals surface area contributed by atoms with E-state index in [1.54, 1.807) is 18.3 Å². The monoisotopic (exact) mass is 446 g/mol. The van der Waals surface area contributed by atoms with E-state index in [9.17, 15) is 18.5 Å². The Bertz CT molecular complexity index is 1170. The molecule has 0 amide bonds. The smallest absolute Gasteiger partial charge is 0.273 e. The van der Waals surface area contributed by atoms with E-state index in [1.165, 1.54) is 16.4 Å². The topological polar surface area (TPSA) is 96.7 Å². The number of para-hydroxylation sites is 1. The van der Waals surface area contributed by atoms with Crippen LogP contribution in [0.4, 0.5) is 5.69 Å². The fourth-order valence-electron chi connectivity index (χ4n) is 3.65. The molecule has 1 aliphatic heterocycles. The lowest BCUT2D eigenvalue weighted by molar-refractivity contribution is -0.385. The minimum Gasteiger partial charge on any atom is -0.292 e. The number of nitrogens with zero attached hydrogens (tertiary/aromatic N) is 4. The average molecular weight is 447 g/mol. The van der Waals surface area contributed by atoms with Crippen molar-refractivity contribution in [3.05, 3.63) is 63.1 Å². The Labute approximate surface area is 179 Å². The van der Waals surface area contributed by atoms with Gasteiger partial charge in [-0.3, -0.25) is 15.0 Å². The van der Waals surface area contributed by atoms with Crippen molar-refractivity contribution in [2.45, 2.75) is 24.8 Å². The van der Waals surface area contributed by atoms with Gasteiger partial charge in [0.25, 0.3) is 5.69 Å². The van der Waals surface area contributed by atoms with Gasteiger partial charge in [0, 0.05) is 37.8 Å². The highest BCUT2D eigenvalue weighted by molar-refractivity contribution is 7.89. The maximum Gasteiger partial charge on any atom is 0.273 e. The number of benzene rings is 2. The number of sulfonamides is 1. The molecule has 3 aromatic rings. The molecule has 1 aliphatic rings. The molecule has 1 unspecified atom stereocenters. The molecule has 0 bridgehead atoms. The fraction of sp³-hybridized carbons (Fsp3) is 0.350. The maximum absolute atomic E-state index is 13.0. The number of aryl methyl sites for hydroxylation is 1. The number of thiazole rings is 1. The van der Waals surface area contributed by atoms with E-state index in [1.807, 2.05) is 18.2 Å². The van der Waals surface area contributed by atoms with E-state index in [-0.39, 0.29) is 16.6 Å². The lowest BCUT2D eigenvalue weighted by atomic mass is 10.2. The molecular formula is C20H22N4O4S2. The highest BCUT2D eigenvalue weighted by Gasteiger charge is 2.32. The van der Waals surface area contributed by atoms with E-state index in [0.29, 0.717) is 31.7 Å². The molecule has 0 radical (unpaired) electrons. The summed E-state index contributed by atoms with van der Waals surface area (Å²) in [4.78, 5) is 17.5. The molecule has 2 aromatic carbocycles. The van der Waals surface area contributed by atoms with E-state index in [4.69, 9.17) is 4.98 Å². The molecule has 30 heavy (non-hydrogen) atoms. The number of piperazine rings is 1. The van der Waals surface area contributed by atoms with Gasteiger partial charge >= 0.3 is 0 Å².